The third-order valence-electron chi connectivity index (χ3n) is 3.93. The van der Waals surface area contributed by atoms with Crippen LogP contribution in [0.4, 0.5) is 4.39 Å². The number of halogens is 1. The standard InChI is InChI=1S/C16H25FN2O2/c1-4-16(5-2,11-18)15(20)19-10-12(3)21-14-8-6-13(17)7-9-14/h6-9,12H,4-5,10-11,18H2,1-3H3,(H,19,20). The number of carbonyl (C=O) groups excluding carboxylic acids is 1. The summed E-state index contributed by atoms with van der Waals surface area (Å²) >= 11 is 0. The lowest BCUT2D eigenvalue weighted by atomic mass is 9.81. The van der Waals surface area contributed by atoms with Gasteiger partial charge in [-0.25, -0.2) is 4.39 Å². The van der Waals surface area contributed by atoms with Gasteiger partial charge < -0.3 is 15.8 Å². The molecular formula is C16H25FN2O2. The Hall–Kier alpha value is -1.62. The molecule has 0 saturated carbocycles. The van der Waals surface area contributed by atoms with Crippen molar-refractivity contribution in [3.63, 3.8) is 0 Å². The Kier molecular flexibility index (Phi) is 6.62. The van der Waals surface area contributed by atoms with Crippen LogP contribution in [-0.2, 0) is 4.79 Å². The van der Waals surface area contributed by atoms with E-state index in [1.807, 2.05) is 20.8 Å². The molecule has 1 unspecified atom stereocenters. The predicted octanol–water partition coefficient (Wildman–Crippen LogP) is 2.47. The van der Waals surface area contributed by atoms with Gasteiger partial charge in [-0.15, -0.1) is 0 Å². The van der Waals surface area contributed by atoms with Crippen LogP contribution in [0.2, 0.25) is 0 Å². The van der Waals surface area contributed by atoms with Crippen molar-refractivity contribution in [3.05, 3.63) is 30.1 Å². The molecule has 4 nitrogen and oxygen atoms in total. The van der Waals surface area contributed by atoms with Crippen molar-refractivity contribution in [2.75, 3.05) is 13.1 Å². The number of benzene rings is 1. The fourth-order valence-electron chi connectivity index (χ4n) is 2.16. The molecule has 0 aliphatic rings. The second-order valence-corrected chi connectivity index (χ2v) is 5.28. The third kappa shape index (κ3) is 4.70. The van der Waals surface area contributed by atoms with Crippen molar-refractivity contribution in [1.29, 1.82) is 0 Å². The molecule has 0 aliphatic carbocycles. The first kappa shape index (κ1) is 17.4. The maximum atomic E-state index is 12.8. The number of nitrogens with two attached hydrogens (primary N) is 1. The van der Waals surface area contributed by atoms with Gasteiger partial charge in [-0.3, -0.25) is 4.79 Å². The highest BCUT2D eigenvalue weighted by atomic mass is 19.1. The molecule has 0 saturated heterocycles. The Morgan fingerprint density at radius 1 is 1.33 bits per heavy atom. The smallest absolute Gasteiger partial charge is 0.227 e. The largest absolute Gasteiger partial charge is 0.489 e. The number of amides is 1. The van der Waals surface area contributed by atoms with E-state index >= 15 is 0 Å². The molecule has 118 valence electrons. The van der Waals surface area contributed by atoms with Crippen LogP contribution in [0, 0.1) is 11.2 Å². The minimum Gasteiger partial charge on any atom is -0.489 e. The summed E-state index contributed by atoms with van der Waals surface area (Å²) in [6.07, 6.45) is 1.21. The summed E-state index contributed by atoms with van der Waals surface area (Å²) in [6.45, 7) is 6.51. The minimum absolute atomic E-state index is 0.0374. The van der Waals surface area contributed by atoms with Gasteiger partial charge in [0.2, 0.25) is 5.91 Å². The summed E-state index contributed by atoms with van der Waals surface area (Å²) in [5.74, 6) is 0.237. The number of ether oxygens (including phenoxy) is 1. The van der Waals surface area contributed by atoms with Crippen LogP contribution in [0.5, 0.6) is 5.75 Å². The predicted molar refractivity (Wildman–Crippen MR) is 81.6 cm³/mol. The van der Waals surface area contributed by atoms with Crippen LogP contribution in [0.15, 0.2) is 24.3 Å². The molecule has 0 spiro atoms. The van der Waals surface area contributed by atoms with Crippen molar-refractivity contribution in [3.8, 4) is 5.75 Å². The third-order valence-corrected chi connectivity index (χ3v) is 3.93. The zero-order valence-electron chi connectivity index (χ0n) is 13.0. The van der Waals surface area contributed by atoms with Gasteiger partial charge in [0.05, 0.1) is 12.0 Å². The van der Waals surface area contributed by atoms with Crippen LogP contribution < -0.4 is 15.8 Å². The highest BCUT2D eigenvalue weighted by Gasteiger charge is 2.33. The average molecular weight is 296 g/mol. The molecular weight excluding hydrogens is 271 g/mol. The molecule has 0 heterocycles. The maximum absolute atomic E-state index is 12.8. The van der Waals surface area contributed by atoms with Gasteiger partial charge in [-0.2, -0.15) is 0 Å². The van der Waals surface area contributed by atoms with Gasteiger partial charge in [-0.1, -0.05) is 13.8 Å². The summed E-state index contributed by atoms with van der Waals surface area (Å²) in [6, 6.07) is 5.81. The van der Waals surface area contributed by atoms with E-state index in [2.05, 4.69) is 5.32 Å². The number of hydrogen-bond donors (Lipinski definition) is 2. The molecule has 1 aromatic rings. The molecule has 1 rings (SSSR count). The molecule has 1 atom stereocenters. The molecule has 0 bridgehead atoms. The van der Waals surface area contributed by atoms with Gasteiger partial charge in [0, 0.05) is 6.54 Å². The lowest BCUT2D eigenvalue weighted by Crippen LogP contribution is -2.47. The van der Waals surface area contributed by atoms with Gasteiger partial charge in [0.15, 0.2) is 0 Å². The van der Waals surface area contributed by atoms with E-state index in [9.17, 15) is 9.18 Å². The summed E-state index contributed by atoms with van der Waals surface area (Å²) in [7, 11) is 0. The monoisotopic (exact) mass is 296 g/mol. The van der Waals surface area contributed by atoms with E-state index in [4.69, 9.17) is 10.5 Å². The molecule has 0 aromatic heterocycles. The molecule has 1 aromatic carbocycles. The molecule has 0 radical (unpaired) electrons. The quantitative estimate of drug-likeness (QED) is 0.774. The van der Waals surface area contributed by atoms with E-state index < -0.39 is 5.41 Å². The number of carbonyl (C=O) groups is 1. The van der Waals surface area contributed by atoms with Gasteiger partial charge in [-0.05, 0) is 44.0 Å². The summed E-state index contributed by atoms with van der Waals surface area (Å²) in [5, 5.41) is 2.89. The van der Waals surface area contributed by atoms with E-state index in [1.54, 1.807) is 12.1 Å². The Morgan fingerprint density at radius 3 is 2.38 bits per heavy atom. The van der Waals surface area contributed by atoms with Crippen molar-refractivity contribution in [2.24, 2.45) is 11.1 Å². The molecule has 0 aliphatic heterocycles. The Bertz CT molecular complexity index is 436. The summed E-state index contributed by atoms with van der Waals surface area (Å²) < 4.78 is 18.4. The normalized spacial score (nSPS) is 12.8. The Balaban J connectivity index is 2.50. The van der Waals surface area contributed by atoms with Crippen LogP contribution in [0.25, 0.3) is 0 Å². The fourth-order valence-corrected chi connectivity index (χ4v) is 2.16. The van der Waals surface area contributed by atoms with E-state index in [1.165, 1.54) is 12.1 Å². The molecule has 21 heavy (non-hydrogen) atoms. The maximum Gasteiger partial charge on any atom is 0.227 e. The van der Waals surface area contributed by atoms with Crippen LogP contribution in [-0.4, -0.2) is 25.1 Å². The van der Waals surface area contributed by atoms with Crippen LogP contribution >= 0.6 is 0 Å². The lowest BCUT2D eigenvalue weighted by molar-refractivity contribution is -0.131. The number of nitrogens with one attached hydrogen (secondary N) is 1. The summed E-state index contributed by atoms with van der Waals surface area (Å²) in [5.41, 5.74) is 5.24. The average Bonchev–Trinajstić information content (AvgIpc) is 2.50. The van der Waals surface area contributed by atoms with Crippen molar-refractivity contribution >= 4 is 5.91 Å². The lowest BCUT2D eigenvalue weighted by Gasteiger charge is -2.29. The Morgan fingerprint density at radius 2 is 1.90 bits per heavy atom. The first-order valence-corrected chi connectivity index (χ1v) is 7.38. The zero-order chi connectivity index (χ0) is 15.9. The molecule has 1 amide bonds. The van der Waals surface area contributed by atoms with Crippen molar-refractivity contribution in [1.82, 2.24) is 5.32 Å². The van der Waals surface area contributed by atoms with Crippen LogP contribution in [0.1, 0.15) is 33.6 Å². The van der Waals surface area contributed by atoms with E-state index in [-0.39, 0.29) is 17.8 Å². The van der Waals surface area contributed by atoms with Crippen LogP contribution in [0.3, 0.4) is 0 Å². The second kappa shape index (κ2) is 7.98. The van der Waals surface area contributed by atoms with Crippen molar-refractivity contribution < 1.29 is 13.9 Å². The molecule has 5 heteroatoms. The summed E-state index contributed by atoms with van der Waals surface area (Å²) in [4.78, 5) is 12.3. The van der Waals surface area contributed by atoms with Gasteiger partial charge >= 0.3 is 0 Å². The van der Waals surface area contributed by atoms with Gasteiger partial charge in [0.1, 0.15) is 17.7 Å². The van der Waals surface area contributed by atoms with Gasteiger partial charge in [0.25, 0.3) is 0 Å². The number of hydrogen-bond acceptors (Lipinski definition) is 3. The SMILES string of the molecule is CCC(CC)(CN)C(=O)NCC(C)Oc1ccc(F)cc1. The molecule has 0 fully saturated rings. The highest BCUT2D eigenvalue weighted by molar-refractivity contribution is 5.82. The first-order valence-electron chi connectivity index (χ1n) is 7.38. The first-order chi connectivity index (χ1) is 9.97. The second-order valence-electron chi connectivity index (χ2n) is 5.28. The topological polar surface area (TPSA) is 64.4 Å². The fraction of sp³-hybridized carbons (Fsp3) is 0.562. The molecule has 3 N–H and O–H groups in total. The highest BCUT2D eigenvalue weighted by Crippen LogP contribution is 2.24. The number of rotatable bonds is 8. The van der Waals surface area contributed by atoms with E-state index in [0.717, 1.165) is 0 Å². The minimum atomic E-state index is -0.504. The zero-order valence-corrected chi connectivity index (χ0v) is 13.0. The van der Waals surface area contributed by atoms with E-state index in [0.29, 0.717) is 31.7 Å². The Labute approximate surface area is 125 Å². The van der Waals surface area contributed by atoms with Crippen molar-refractivity contribution in [2.45, 2.75) is 39.7 Å².